The number of fused-ring (bicyclic) bond motifs is 1. The Labute approximate surface area is 102 Å². The maximum Gasteiger partial charge on any atom is 0.285 e. The number of benzene rings is 1. The van der Waals surface area contributed by atoms with Crippen molar-refractivity contribution in [2.45, 2.75) is 0 Å². The Morgan fingerprint density at radius 1 is 1.28 bits per heavy atom. The summed E-state index contributed by atoms with van der Waals surface area (Å²) in [6.07, 6.45) is 0.860. The van der Waals surface area contributed by atoms with Gasteiger partial charge in [-0.25, -0.2) is 18.2 Å². The molecule has 1 heterocycles. The Hall–Kier alpha value is -2.22. The van der Waals surface area contributed by atoms with E-state index in [0.29, 0.717) is 5.39 Å². The molecule has 0 saturated heterocycles. The summed E-state index contributed by atoms with van der Waals surface area (Å²) in [5.41, 5.74) is -0.586. The first-order valence-corrected chi connectivity index (χ1v) is 6.77. The van der Waals surface area contributed by atoms with E-state index in [9.17, 15) is 18.0 Å². The number of H-pyrrole nitrogens is 1. The zero-order valence-corrected chi connectivity index (χ0v) is 10.1. The van der Waals surface area contributed by atoms with Gasteiger partial charge in [0.2, 0.25) is 10.0 Å². The molecular weight excluding hydrogens is 258 g/mol. The van der Waals surface area contributed by atoms with Crippen molar-refractivity contribution in [1.82, 2.24) is 14.9 Å². The predicted molar refractivity (Wildman–Crippen MR) is 64.7 cm³/mol. The van der Waals surface area contributed by atoms with Gasteiger partial charge in [0.25, 0.3) is 11.5 Å². The van der Waals surface area contributed by atoms with Gasteiger partial charge < -0.3 is 0 Å². The fourth-order valence-electron chi connectivity index (χ4n) is 1.50. The van der Waals surface area contributed by atoms with Gasteiger partial charge in [-0.1, -0.05) is 18.2 Å². The van der Waals surface area contributed by atoms with Crippen LogP contribution in [0.5, 0.6) is 0 Å². The summed E-state index contributed by atoms with van der Waals surface area (Å²) < 4.78 is 23.8. The highest BCUT2D eigenvalue weighted by Crippen LogP contribution is 2.12. The third-order valence-corrected chi connectivity index (χ3v) is 2.75. The quantitative estimate of drug-likeness (QED) is 0.770. The van der Waals surface area contributed by atoms with Crippen molar-refractivity contribution in [3.8, 4) is 0 Å². The van der Waals surface area contributed by atoms with Crippen LogP contribution in [0.2, 0.25) is 0 Å². The molecule has 1 aromatic heterocycles. The number of carbonyl (C=O) groups is 1. The van der Waals surface area contributed by atoms with Crippen LogP contribution in [0.3, 0.4) is 0 Å². The summed E-state index contributed by atoms with van der Waals surface area (Å²) in [6.45, 7) is 0. The van der Waals surface area contributed by atoms with Crippen LogP contribution in [0.4, 0.5) is 0 Å². The third-order valence-electron chi connectivity index (χ3n) is 2.19. The minimum Gasteiger partial charge on any atom is -0.267 e. The lowest BCUT2D eigenvalue weighted by atomic mass is 10.1. The second-order valence-corrected chi connectivity index (χ2v) is 5.40. The Morgan fingerprint density at radius 3 is 2.50 bits per heavy atom. The molecular formula is C10H9N3O4S. The summed E-state index contributed by atoms with van der Waals surface area (Å²) in [7, 11) is -3.68. The molecule has 0 aliphatic heterocycles. The Kier molecular flexibility index (Phi) is 2.87. The minimum atomic E-state index is -3.68. The van der Waals surface area contributed by atoms with Crippen molar-refractivity contribution >= 4 is 26.7 Å². The number of aromatic nitrogens is 2. The van der Waals surface area contributed by atoms with Crippen LogP contribution >= 0.6 is 0 Å². The van der Waals surface area contributed by atoms with Gasteiger partial charge in [0, 0.05) is 5.39 Å². The highest BCUT2D eigenvalue weighted by Gasteiger charge is 2.16. The lowest BCUT2D eigenvalue weighted by Crippen LogP contribution is -2.31. The first-order valence-electron chi connectivity index (χ1n) is 4.88. The largest absolute Gasteiger partial charge is 0.285 e. The van der Waals surface area contributed by atoms with Gasteiger partial charge in [0.15, 0.2) is 5.69 Å². The fraction of sp³-hybridized carbons (Fsp3) is 0.100. The summed E-state index contributed by atoms with van der Waals surface area (Å²) in [5.74, 6) is -0.884. The summed E-state index contributed by atoms with van der Waals surface area (Å²) in [4.78, 5) is 23.2. The van der Waals surface area contributed by atoms with Gasteiger partial charge in [-0.3, -0.25) is 9.59 Å². The summed E-state index contributed by atoms with van der Waals surface area (Å²) in [6, 6.07) is 6.30. The Morgan fingerprint density at radius 2 is 1.89 bits per heavy atom. The van der Waals surface area contributed by atoms with Gasteiger partial charge in [0.1, 0.15) is 0 Å². The zero-order valence-electron chi connectivity index (χ0n) is 9.30. The van der Waals surface area contributed by atoms with Crippen LogP contribution in [0.15, 0.2) is 29.1 Å². The smallest absolute Gasteiger partial charge is 0.267 e. The minimum absolute atomic E-state index is 0.143. The van der Waals surface area contributed by atoms with Gasteiger partial charge in [-0.15, -0.1) is 0 Å². The average Bonchev–Trinajstić information content (AvgIpc) is 2.27. The molecule has 0 unspecified atom stereocenters. The molecule has 94 valence electrons. The molecule has 0 bridgehead atoms. The molecule has 2 aromatic rings. The molecule has 7 nitrogen and oxygen atoms in total. The van der Waals surface area contributed by atoms with Crippen molar-refractivity contribution < 1.29 is 13.2 Å². The van der Waals surface area contributed by atoms with Crippen molar-refractivity contribution in [2.24, 2.45) is 0 Å². The number of hydrogen-bond acceptors (Lipinski definition) is 5. The fourth-order valence-corrected chi connectivity index (χ4v) is 1.94. The molecule has 1 amide bonds. The first kappa shape index (κ1) is 12.2. The third kappa shape index (κ3) is 2.38. The van der Waals surface area contributed by atoms with Crippen LogP contribution in [0, 0.1) is 0 Å². The van der Waals surface area contributed by atoms with E-state index in [-0.39, 0.29) is 11.1 Å². The SMILES string of the molecule is CS(=O)(=O)NC(=O)c1n[nH]c(=O)c2ccccc12. The van der Waals surface area contributed by atoms with Crippen molar-refractivity contribution in [3.63, 3.8) is 0 Å². The van der Waals surface area contributed by atoms with E-state index in [1.165, 1.54) is 12.1 Å². The Balaban J connectivity index is 2.63. The van der Waals surface area contributed by atoms with Crippen molar-refractivity contribution in [3.05, 3.63) is 40.3 Å². The van der Waals surface area contributed by atoms with Crippen molar-refractivity contribution in [1.29, 1.82) is 0 Å². The molecule has 0 fully saturated rings. The normalized spacial score (nSPS) is 11.4. The second-order valence-electron chi connectivity index (χ2n) is 3.65. The molecule has 2 rings (SSSR count). The number of aromatic amines is 1. The van der Waals surface area contributed by atoms with Gasteiger partial charge in [-0.2, -0.15) is 5.10 Å². The highest BCUT2D eigenvalue weighted by molar-refractivity contribution is 7.89. The van der Waals surface area contributed by atoms with Gasteiger partial charge in [0.05, 0.1) is 11.6 Å². The maximum atomic E-state index is 11.7. The number of sulfonamides is 1. The van der Waals surface area contributed by atoms with Crippen LogP contribution in [0.25, 0.3) is 10.8 Å². The monoisotopic (exact) mass is 267 g/mol. The molecule has 2 N–H and O–H groups in total. The lowest BCUT2D eigenvalue weighted by Gasteiger charge is -2.04. The highest BCUT2D eigenvalue weighted by atomic mass is 32.2. The Bertz CT molecular complexity index is 779. The van der Waals surface area contributed by atoms with E-state index in [0.717, 1.165) is 6.26 Å². The van der Waals surface area contributed by atoms with E-state index in [2.05, 4.69) is 10.2 Å². The standard InChI is InChI=1S/C10H9N3O4S/c1-18(16,17)13-10(15)8-6-4-2-3-5-7(6)9(14)12-11-8/h2-5H,1H3,(H,12,14)(H,13,15). The molecule has 1 aromatic carbocycles. The number of hydrogen-bond donors (Lipinski definition) is 2. The first-order chi connectivity index (χ1) is 8.38. The number of carbonyl (C=O) groups excluding carboxylic acids is 1. The van der Waals surface area contributed by atoms with Crippen LogP contribution in [-0.2, 0) is 10.0 Å². The molecule has 0 spiro atoms. The van der Waals surface area contributed by atoms with E-state index in [1.54, 1.807) is 16.9 Å². The number of rotatable bonds is 2. The number of nitrogens with one attached hydrogen (secondary N) is 2. The van der Waals surface area contributed by atoms with Gasteiger partial charge in [-0.05, 0) is 6.07 Å². The number of nitrogens with zero attached hydrogens (tertiary/aromatic N) is 1. The van der Waals surface area contributed by atoms with E-state index >= 15 is 0 Å². The lowest BCUT2D eigenvalue weighted by molar-refractivity contribution is 0.0977. The maximum absolute atomic E-state index is 11.7. The topological polar surface area (TPSA) is 109 Å². The van der Waals surface area contributed by atoms with E-state index in [1.807, 2.05) is 0 Å². The van der Waals surface area contributed by atoms with Crippen LogP contribution in [0.1, 0.15) is 10.5 Å². The second kappa shape index (κ2) is 4.22. The molecule has 0 atom stereocenters. The predicted octanol–water partition coefficient (Wildman–Crippen LogP) is -0.387. The van der Waals surface area contributed by atoms with E-state index in [4.69, 9.17) is 0 Å². The van der Waals surface area contributed by atoms with Crippen LogP contribution in [-0.4, -0.2) is 30.8 Å². The molecule has 0 radical (unpaired) electrons. The zero-order chi connectivity index (χ0) is 13.3. The average molecular weight is 267 g/mol. The molecule has 0 aliphatic carbocycles. The molecule has 18 heavy (non-hydrogen) atoms. The van der Waals surface area contributed by atoms with E-state index < -0.39 is 21.5 Å². The van der Waals surface area contributed by atoms with Gasteiger partial charge >= 0.3 is 0 Å². The molecule has 8 heteroatoms. The number of amides is 1. The molecule has 0 aliphatic rings. The molecule has 0 saturated carbocycles. The van der Waals surface area contributed by atoms with Crippen LogP contribution < -0.4 is 10.3 Å². The summed E-state index contributed by atoms with van der Waals surface area (Å²) in [5, 5.41) is 6.29. The van der Waals surface area contributed by atoms with Crippen molar-refractivity contribution in [2.75, 3.05) is 6.26 Å². The summed E-state index contributed by atoms with van der Waals surface area (Å²) >= 11 is 0.